The number of amides is 1. The van der Waals surface area contributed by atoms with Crippen LogP contribution in [0.25, 0.3) is 0 Å². The van der Waals surface area contributed by atoms with Crippen molar-refractivity contribution in [3.05, 3.63) is 83.7 Å². The first-order valence-electron chi connectivity index (χ1n) is 14.7. The summed E-state index contributed by atoms with van der Waals surface area (Å²) in [5, 5.41) is 12.3. The van der Waals surface area contributed by atoms with E-state index in [1.54, 1.807) is 13.0 Å². The molecule has 3 aliphatic rings. The van der Waals surface area contributed by atoms with Gasteiger partial charge in [-0.1, -0.05) is 81.3 Å². The number of aromatic nitrogens is 3. The van der Waals surface area contributed by atoms with Crippen molar-refractivity contribution in [2.45, 2.75) is 83.9 Å². The van der Waals surface area contributed by atoms with E-state index < -0.39 is 28.9 Å². The Morgan fingerprint density at radius 1 is 1.20 bits per heavy atom. The fraction of sp³-hybridized carbons (Fsp3) is 0.485. The van der Waals surface area contributed by atoms with Crippen LogP contribution in [-0.2, 0) is 31.2 Å². The molecule has 0 saturated heterocycles. The normalized spacial score (nSPS) is 26.2. The number of benzene rings is 1. The molecule has 8 heteroatoms. The summed E-state index contributed by atoms with van der Waals surface area (Å²) in [7, 11) is 0. The highest BCUT2D eigenvalue weighted by Crippen LogP contribution is 2.51. The van der Waals surface area contributed by atoms with Gasteiger partial charge in [-0.3, -0.25) is 9.59 Å². The highest BCUT2D eigenvalue weighted by Gasteiger charge is 2.49. The second-order valence-corrected chi connectivity index (χ2v) is 12.1. The zero-order chi connectivity index (χ0) is 29.2. The summed E-state index contributed by atoms with van der Waals surface area (Å²) in [5.41, 5.74) is 2.29. The van der Waals surface area contributed by atoms with Gasteiger partial charge < -0.3 is 10.1 Å². The van der Waals surface area contributed by atoms with Gasteiger partial charge in [-0.2, -0.15) is 0 Å². The van der Waals surface area contributed by atoms with E-state index in [0.29, 0.717) is 18.5 Å². The largest absolute Gasteiger partial charge is 0.454 e. The molecule has 0 radical (unpaired) electrons. The highest BCUT2D eigenvalue weighted by molar-refractivity contribution is 6.05. The van der Waals surface area contributed by atoms with E-state index in [2.05, 4.69) is 41.3 Å². The zero-order valence-electron chi connectivity index (χ0n) is 24.3. The number of carbonyl (C=O) groups excluding carboxylic acids is 3. The van der Waals surface area contributed by atoms with E-state index in [9.17, 15) is 14.4 Å². The van der Waals surface area contributed by atoms with Crippen molar-refractivity contribution < 1.29 is 19.1 Å². The van der Waals surface area contributed by atoms with Gasteiger partial charge >= 0.3 is 5.97 Å². The maximum atomic E-state index is 14.0. The predicted molar refractivity (Wildman–Crippen MR) is 155 cm³/mol. The number of nitrogens with zero attached hydrogens (tertiary/aromatic N) is 3. The molecular formula is C33H40N4O4. The van der Waals surface area contributed by atoms with Crippen molar-refractivity contribution in [3.63, 3.8) is 0 Å². The Bertz CT molecular complexity index is 1380. The summed E-state index contributed by atoms with van der Waals surface area (Å²) >= 11 is 0. The Balaban J connectivity index is 1.41. The van der Waals surface area contributed by atoms with Gasteiger partial charge in [0.25, 0.3) is 0 Å². The highest BCUT2D eigenvalue weighted by atomic mass is 16.5. The second-order valence-electron chi connectivity index (χ2n) is 12.1. The maximum absolute atomic E-state index is 14.0. The first kappa shape index (κ1) is 28.7. The topological polar surface area (TPSA) is 103 Å². The third-order valence-electron chi connectivity index (χ3n) is 9.41. The minimum atomic E-state index is -0.692. The van der Waals surface area contributed by atoms with E-state index in [4.69, 9.17) is 4.74 Å². The van der Waals surface area contributed by atoms with Crippen LogP contribution in [0.2, 0.25) is 0 Å². The van der Waals surface area contributed by atoms with Crippen LogP contribution in [0.3, 0.4) is 0 Å². The fourth-order valence-corrected chi connectivity index (χ4v) is 6.97. The van der Waals surface area contributed by atoms with Gasteiger partial charge in [0.15, 0.2) is 5.78 Å². The standard InChI is InChI=1S/C33H40N4O4/c1-5-28(39)41-30-25(14-18-32(4)19-15-26(38)23(3)29(30)32)22(2)31(40)34-33(16-10-7-11-17-33)27-21-37(36-35-27)20-24-12-8-6-9-13-24/h5-6,8-9,12-13,15,19,21-22,25,30H,1,7,10-11,14,16-18,20H2,2-4H3,(H,34,40)/t22-,25-,30-,32-/m0/s1. The Morgan fingerprint density at radius 2 is 1.93 bits per heavy atom. The molecule has 0 aliphatic heterocycles. The molecule has 0 spiro atoms. The molecule has 5 rings (SSSR count). The molecule has 1 N–H and O–H groups in total. The number of allylic oxidation sites excluding steroid dienone is 3. The lowest BCUT2D eigenvalue weighted by Gasteiger charge is -2.47. The number of carbonyl (C=O) groups is 3. The number of hydrogen-bond acceptors (Lipinski definition) is 6. The number of fused-ring (bicyclic) bond motifs is 1. The van der Waals surface area contributed by atoms with E-state index in [1.807, 2.05) is 42.1 Å². The van der Waals surface area contributed by atoms with Gasteiger partial charge in [0.05, 0.1) is 18.3 Å². The van der Waals surface area contributed by atoms with Gasteiger partial charge in [-0.15, -0.1) is 5.10 Å². The lowest BCUT2D eigenvalue weighted by molar-refractivity contribution is -0.149. The van der Waals surface area contributed by atoms with Crippen molar-refractivity contribution in [1.29, 1.82) is 0 Å². The predicted octanol–water partition coefficient (Wildman–Crippen LogP) is 5.21. The quantitative estimate of drug-likeness (QED) is 0.354. The van der Waals surface area contributed by atoms with Gasteiger partial charge in [0.2, 0.25) is 5.91 Å². The smallest absolute Gasteiger partial charge is 0.330 e. The van der Waals surface area contributed by atoms with Gasteiger partial charge in [0.1, 0.15) is 11.8 Å². The number of esters is 1. The van der Waals surface area contributed by atoms with Crippen molar-refractivity contribution >= 4 is 17.7 Å². The lowest BCUT2D eigenvalue weighted by atomic mass is 9.60. The molecule has 41 heavy (non-hydrogen) atoms. The van der Waals surface area contributed by atoms with Crippen molar-refractivity contribution in [3.8, 4) is 0 Å². The summed E-state index contributed by atoms with van der Waals surface area (Å²) in [5.74, 6) is -1.51. The van der Waals surface area contributed by atoms with Crippen LogP contribution < -0.4 is 5.32 Å². The molecule has 3 aliphatic carbocycles. The van der Waals surface area contributed by atoms with Gasteiger partial charge in [-0.05, 0) is 49.8 Å². The SMILES string of the molecule is C=CC(=O)O[C@@H]1C2=C(C)C(=O)C=C[C@]2(C)CC[C@H]1[C@H](C)C(=O)NC1(c2cn(Cc3ccccc3)nn2)CCCCC1. The first-order chi connectivity index (χ1) is 19.7. The molecule has 0 unspecified atom stereocenters. The molecular weight excluding hydrogens is 516 g/mol. The molecule has 2 saturated carbocycles. The Hall–Kier alpha value is -3.81. The Morgan fingerprint density at radius 3 is 2.63 bits per heavy atom. The van der Waals surface area contributed by atoms with Crippen LogP contribution in [-0.4, -0.2) is 38.8 Å². The average molecular weight is 557 g/mol. The number of ether oxygens (including phenoxy) is 1. The monoisotopic (exact) mass is 556 g/mol. The zero-order valence-corrected chi connectivity index (χ0v) is 24.3. The minimum Gasteiger partial charge on any atom is -0.454 e. The molecule has 0 bridgehead atoms. The van der Waals surface area contributed by atoms with Crippen LogP contribution >= 0.6 is 0 Å². The van der Waals surface area contributed by atoms with Crippen molar-refractivity contribution in [2.75, 3.05) is 0 Å². The van der Waals surface area contributed by atoms with Crippen molar-refractivity contribution in [2.24, 2.45) is 17.3 Å². The van der Waals surface area contributed by atoms with Gasteiger partial charge in [-0.25, -0.2) is 9.48 Å². The molecule has 1 aromatic heterocycles. The number of hydrogen-bond donors (Lipinski definition) is 1. The van der Waals surface area contributed by atoms with E-state index in [-0.39, 0.29) is 17.6 Å². The average Bonchev–Trinajstić information content (AvgIpc) is 3.45. The summed E-state index contributed by atoms with van der Waals surface area (Å²) in [6, 6.07) is 10.1. The molecule has 1 aromatic carbocycles. The van der Waals surface area contributed by atoms with Crippen LogP contribution in [0.5, 0.6) is 0 Å². The lowest BCUT2D eigenvalue weighted by Crippen LogP contribution is -2.53. The van der Waals surface area contributed by atoms with Crippen LogP contribution in [0.1, 0.15) is 77.0 Å². The molecule has 2 aromatic rings. The molecule has 216 valence electrons. The summed E-state index contributed by atoms with van der Waals surface area (Å²) in [4.78, 5) is 39.2. The third-order valence-corrected chi connectivity index (χ3v) is 9.41. The van der Waals surface area contributed by atoms with E-state index >= 15 is 0 Å². The number of nitrogens with one attached hydrogen (secondary N) is 1. The Kier molecular flexibility index (Phi) is 8.11. The van der Waals surface area contributed by atoms with Crippen LogP contribution in [0.15, 0.2) is 72.5 Å². The number of rotatable bonds is 8. The van der Waals surface area contributed by atoms with E-state index in [1.165, 1.54) is 0 Å². The van der Waals surface area contributed by atoms with Gasteiger partial charge in [0, 0.05) is 28.9 Å². The summed E-state index contributed by atoms with van der Waals surface area (Å²) < 4.78 is 7.76. The summed E-state index contributed by atoms with van der Waals surface area (Å²) in [6.45, 7) is 9.93. The molecule has 4 atom stereocenters. The van der Waals surface area contributed by atoms with E-state index in [0.717, 1.165) is 61.4 Å². The summed E-state index contributed by atoms with van der Waals surface area (Å²) in [6.07, 6.45) is 12.0. The molecule has 8 nitrogen and oxygen atoms in total. The molecule has 2 fully saturated rings. The first-order valence-corrected chi connectivity index (χ1v) is 14.7. The number of ketones is 1. The molecule has 1 amide bonds. The van der Waals surface area contributed by atoms with Crippen LogP contribution in [0.4, 0.5) is 0 Å². The van der Waals surface area contributed by atoms with Crippen LogP contribution in [0, 0.1) is 17.3 Å². The van der Waals surface area contributed by atoms with Crippen molar-refractivity contribution in [1.82, 2.24) is 20.3 Å². The molecule has 1 heterocycles. The minimum absolute atomic E-state index is 0.0883. The Labute approximate surface area is 241 Å². The second kappa shape index (κ2) is 11.6. The maximum Gasteiger partial charge on any atom is 0.330 e. The third kappa shape index (κ3) is 5.69. The fourth-order valence-electron chi connectivity index (χ4n) is 6.97.